The number of anilines is 1. The second-order valence-electron chi connectivity index (χ2n) is 4.45. The maximum atomic E-state index is 11.4. The van der Waals surface area contributed by atoms with E-state index in [2.05, 4.69) is 29.4 Å². The molecule has 0 aliphatic carbocycles. The Morgan fingerprint density at radius 1 is 1.17 bits per heavy atom. The minimum absolute atomic E-state index is 0.0855. The number of likely N-dealkylation sites (N-methyl/N-ethyl adjacent to an activating group) is 3. The van der Waals surface area contributed by atoms with Gasteiger partial charge in [-0.2, -0.15) is 0 Å². The van der Waals surface area contributed by atoms with Gasteiger partial charge in [0.25, 0.3) is 0 Å². The number of hydrogen-bond donors (Lipinski definition) is 1. The molecule has 1 amide bonds. The van der Waals surface area contributed by atoms with Crippen LogP contribution in [-0.2, 0) is 4.79 Å². The highest BCUT2D eigenvalue weighted by Gasteiger charge is 2.06. The molecule has 1 N–H and O–H groups in total. The summed E-state index contributed by atoms with van der Waals surface area (Å²) in [4.78, 5) is 15.6. The maximum Gasteiger partial charge on any atom is 0.234 e. The Balaban J connectivity index is 2.30. The molecule has 100 valence electrons. The SMILES string of the molecule is CCNC(=O)CN(C)CCN(C)c1ccccc1. The molecule has 1 aromatic carbocycles. The first-order chi connectivity index (χ1) is 8.63. The minimum Gasteiger partial charge on any atom is -0.373 e. The van der Waals surface area contributed by atoms with Crippen LogP contribution in [0.4, 0.5) is 5.69 Å². The molecule has 0 saturated carbocycles. The quantitative estimate of drug-likeness (QED) is 0.788. The van der Waals surface area contributed by atoms with E-state index >= 15 is 0 Å². The summed E-state index contributed by atoms with van der Waals surface area (Å²) in [6.07, 6.45) is 0. The van der Waals surface area contributed by atoms with E-state index in [0.717, 1.165) is 13.1 Å². The largest absolute Gasteiger partial charge is 0.373 e. The Morgan fingerprint density at radius 2 is 1.83 bits per heavy atom. The van der Waals surface area contributed by atoms with Gasteiger partial charge in [-0.1, -0.05) is 18.2 Å². The zero-order valence-electron chi connectivity index (χ0n) is 11.5. The molecular weight excluding hydrogens is 226 g/mol. The summed E-state index contributed by atoms with van der Waals surface area (Å²) in [5.74, 6) is 0.0855. The van der Waals surface area contributed by atoms with Crippen LogP contribution in [0, 0.1) is 0 Å². The fraction of sp³-hybridized carbons (Fsp3) is 0.500. The van der Waals surface area contributed by atoms with E-state index in [1.807, 2.05) is 37.1 Å². The standard InChI is InChI=1S/C14H23N3O/c1-4-15-14(18)12-16(2)10-11-17(3)13-8-6-5-7-9-13/h5-9H,4,10-12H2,1-3H3,(H,15,18). The number of nitrogens with zero attached hydrogens (tertiary/aromatic N) is 2. The lowest BCUT2D eigenvalue weighted by atomic mass is 10.3. The summed E-state index contributed by atoms with van der Waals surface area (Å²) >= 11 is 0. The van der Waals surface area contributed by atoms with E-state index in [1.165, 1.54) is 5.69 Å². The Kier molecular flexibility index (Phi) is 6.22. The first-order valence-electron chi connectivity index (χ1n) is 6.35. The van der Waals surface area contributed by atoms with Gasteiger partial charge >= 0.3 is 0 Å². The zero-order valence-corrected chi connectivity index (χ0v) is 11.5. The topological polar surface area (TPSA) is 35.6 Å². The van der Waals surface area contributed by atoms with Crippen molar-refractivity contribution in [2.45, 2.75) is 6.92 Å². The summed E-state index contributed by atoms with van der Waals surface area (Å²) in [5, 5.41) is 2.80. The molecule has 0 bridgehead atoms. The molecule has 0 aliphatic rings. The van der Waals surface area contributed by atoms with Gasteiger partial charge in [-0.05, 0) is 26.1 Å². The van der Waals surface area contributed by atoms with Gasteiger partial charge in [0.2, 0.25) is 5.91 Å². The van der Waals surface area contributed by atoms with Crippen LogP contribution in [0.15, 0.2) is 30.3 Å². The molecule has 0 radical (unpaired) electrons. The fourth-order valence-corrected chi connectivity index (χ4v) is 1.71. The molecule has 0 fully saturated rings. The summed E-state index contributed by atoms with van der Waals surface area (Å²) < 4.78 is 0. The van der Waals surface area contributed by atoms with Crippen LogP contribution in [0.5, 0.6) is 0 Å². The molecule has 18 heavy (non-hydrogen) atoms. The third-order valence-corrected chi connectivity index (χ3v) is 2.80. The third kappa shape index (κ3) is 5.19. The van der Waals surface area contributed by atoms with Crippen molar-refractivity contribution in [3.05, 3.63) is 30.3 Å². The first-order valence-corrected chi connectivity index (χ1v) is 6.35. The highest BCUT2D eigenvalue weighted by Crippen LogP contribution is 2.10. The van der Waals surface area contributed by atoms with Gasteiger partial charge in [0, 0.05) is 32.4 Å². The maximum absolute atomic E-state index is 11.4. The van der Waals surface area contributed by atoms with E-state index in [4.69, 9.17) is 0 Å². The van der Waals surface area contributed by atoms with E-state index in [0.29, 0.717) is 13.1 Å². The monoisotopic (exact) mass is 249 g/mol. The van der Waals surface area contributed by atoms with E-state index in [-0.39, 0.29) is 5.91 Å². The number of rotatable bonds is 7. The normalized spacial score (nSPS) is 10.4. The smallest absolute Gasteiger partial charge is 0.234 e. The number of amides is 1. The molecule has 0 aliphatic heterocycles. The number of para-hydroxylation sites is 1. The number of nitrogens with one attached hydrogen (secondary N) is 1. The molecule has 1 rings (SSSR count). The number of carbonyl (C=O) groups excluding carboxylic acids is 1. The van der Waals surface area contributed by atoms with Gasteiger partial charge in [0.05, 0.1) is 6.54 Å². The first kappa shape index (κ1) is 14.5. The average molecular weight is 249 g/mol. The summed E-state index contributed by atoms with van der Waals surface area (Å²) in [6, 6.07) is 10.3. The molecule has 0 spiro atoms. The lowest BCUT2D eigenvalue weighted by molar-refractivity contribution is -0.121. The van der Waals surface area contributed by atoms with Crippen molar-refractivity contribution in [2.75, 3.05) is 45.2 Å². The van der Waals surface area contributed by atoms with Crippen LogP contribution in [0.25, 0.3) is 0 Å². The Labute approximate surface area is 110 Å². The van der Waals surface area contributed by atoms with Crippen molar-refractivity contribution in [1.29, 1.82) is 0 Å². The predicted octanol–water partition coefficient (Wildman–Crippen LogP) is 1.19. The van der Waals surface area contributed by atoms with Crippen LogP contribution in [0.1, 0.15) is 6.92 Å². The number of benzene rings is 1. The Morgan fingerprint density at radius 3 is 2.44 bits per heavy atom. The third-order valence-electron chi connectivity index (χ3n) is 2.80. The highest BCUT2D eigenvalue weighted by molar-refractivity contribution is 5.77. The van der Waals surface area contributed by atoms with Crippen LogP contribution in [0.2, 0.25) is 0 Å². The van der Waals surface area contributed by atoms with E-state index in [9.17, 15) is 4.79 Å². The van der Waals surface area contributed by atoms with E-state index < -0.39 is 0 Å². The lowest BCUT2D eigenvalue weighted by Crippen LogP contribution is -2.38. The Bertz CT molecular complexity index is 353. The number of hydrogen-bond acceptors (Lipinski definition) is 3. The van der Waals surface area contributed by atoms with Gasteiger partial charge in [-0.25, -0.2) is 0 Å². The van der Waals surface area contributed by atoms with Crippen LogP contribution in [0.3, 0.4) is 0 Å². The Hall–Kier alpha value is -1.55. The molecule has 4 heteroatoms. The fourth-order valence-electron chi connectivity index (χ4n) is 1.71. The van der Waals surface area contributed by atoms with Gasteiger partial charge in [-0.15, -0.1) is 0 Å². The summed E-state index contributed by atoms with van der Waals surface area (Å²) in [6.45, 7) is 4.84. The average Bonchev–Trinajstić information content (AvgIpc) is 2.37. The number of carbonyl (C=O) groups is 1. The molecule has 4 nitrogen and oxygen atoms in total. The summed E-state index contributed by atoms with van der Waals surface area (Å²) in [5.41, 5.74) is 1.20. The molecule has 0 heterocycles. The van der Waals surface area contributed by atoms with Crippen molar-refractivity contribution < 1.29 is 4.79 Å². The van der Waals surface area contributed by atoms with Crippen LogP contribution >= 0.6 is 0 Å². The molecule has 0 saturated heterocycles. The van der Waals surface area contributed by atoms with Crippen molar-refractivity contribution in [2.24, 2.45) is 0 Å². The van der Waals surface area contributed by atoms with Crippen LogP contribution in [-0.4, -0.2) is 51.1 Å². The molecule has 0 aromatic heterocycles. The van der Waals surface area contributed by atoms with Gasteiger partial charge in [0.1, 0.15) is 0 Å². The molecule has 1 aromatic rings. The highest BCUT2D eigenvalue weighted by atomic mass is 16.1. The zero-order chi connectivity index (χ0) is 13.4. The van der Waals surface area contributed by atoms with Crippen molar-refractivity contribution in [1.82, 2.24) is 10.2 Å². The van der Waals surface area contributed by atoms with Gasteiger partial charge in [0.15, 0.2) is 0 Å². The van der Waals surface area contributed by atoms with Crippen molar-refractivity contribution in [3.63, 3.8) is 0 Å². The van der Waals surface area contributed by atoms with E-state index in [1.54, 1.807) is 0 Å². The predicted molar refractivity (Wildman–Crippen MR) is 75.9 cm³/mol. The van der Waals surface area contributed by atoms with Crippen LogP contribution < -0.4 is 10.2 Å². The molecule has 0 atom stereocenters. The second kappa shape index (κ2) is 7.71. The molecular formula is C14H23N3O. The minimum atomic E-state index is 0.0855. The lowest BCUT2D eigenvalue weighted by Gasteiger charge is -2.23. The van der Waals surface area contributed by atoms with Crippen molar-refractivity contribution in [3.8, 4) is 0 Å². The van der Waals surface area contributed by atoms with Crippen molar-refractivity contribution >= 4 is 11.6 Å². The van der Waals surface area contributed by atoms with Gasteiger partial charge in [-0.3, -0.25) is 9.69 Å². The van der Waals surface area contributed by atoms with Gasteiger partial charge < -0.3 is 10.2 Å². The second-order valence-corrected chi connectivity index (χ2v) is 4.45. The molecule has 0 unspecified atom stereocenters. The summed E-state index contributed by atoms with van der Waals surface area (Å²) in [7, 11) is 4.03.